The van der Waals surface area contributed by atoms with Crippen molar-refractivity contribution in [2.75, 3.05) is 46.4 Å². The van der Waals surface area contributed by atoms with Gasteiger partial charge in [0.2, 0.25) is 0 Å². The lowest BCUT2D eigenvalue weighted by atomic mass is 9.96. The van der Waals surface area contributed by atoms with Crippen LogP contribution in [0.4, 0.5) is 0 Å². The predicted molar refractivity (Wildman–Crippen MR) is 99.7 cm³/mol. The van der Waals surface area contributed by atoms with E-state index in [0.29, 0.717) is 0 Å². The Hall–Kier alpha value is -1.79. The molecule has 1 saturated carbocycles. The number of methoxy groups -OCH3 is 1. The Morgan fingerprint density at radius 2 is 1.92 bits per heavy atom. The first-order valence-electron chi connectivity index (χ1n) is 9.50. The highest BCUT2D eigenvalue weighted by Crippen LogP contribution is 2.47. The van der Waals surface area contributed by atoms with Gasteiger partial charge in [-0.2, -0.15) is 0 Å². The summed E-state index contributed by atoms with van der Waals surface area (Å²) >= 11 is 0. The van der Waals surface area contributed by atoms with Crippen LogP contribution in [0.15, 0.2) is 35.8 Å². The molecule has 3 rings (SSSR count). The average Bonchev–Trinajstić information content (AvgIpc) is 3.19. The van der Waals surface area contributed by atoms with Gasteiger partial charge in [0.15, 0.2) is 11.5 Å². The molecule has 0 amide bonds. The van der Waals surface area contributed by atoms with Gasteiger partial charge in [-0.05, 0) is 37.3 Å². The van der Waals surface area contributed by atoms with Crippen molar-refractivity contribution in [2.24, 2.45) is 0 Å². The SMILES string of the molecule is C=C1CC2(CCCC2)O/C1=C(/C=C\CN1CCN(CC(=O)O)CC1)OC. The van der Waals surface area contributed by atoms with Crippen molar-refractivity contribution in [3.05, 3.63) is 35.8 Å². The van der Waals surface area contributed by atoms with E-state index in [1.807, 2.05) is 11.0 Å². The zero-order chi connectivity index (χ0) is 18.6. The van der Waals surface area contributed by atoms with Crippen molar-refractivity contribution in [1.29, 1.82) is 0 Å². The van der Waals surface area contributed by atoms with Crippen molar-refractivity contribution in [1.82, 2.24) is 9.80 Å². The van der Waals surface area contributed by atoms with Crippen LogP contribution in [0.1, 0.15) is 32.1 Å². The molecule has 1 N–H and O–H groups in total. The van der Waals surface area contributed by atoms with Crippen LogP contribution >= 0.6 is 0 Å². The summed E-state index contributed by atoms with van der Waals surface area (Å²) in [6.45, 7) is 8.48. The summed E-state index contributed by atoms with van der Waals surface area (Å²) in [6, 6.07) is 0. The van der Waals surface area contributed by atoms with Gasteiger partial charge in [-0.1, -0.05) is 12.7 Å². The van der Waals surface area contributed by atoms with Crippen molar-refractivity contribution in [3.8, 4) is 0 Å². The standard InChI is InChI=1S/C20H30N2O4/c1-16-14-20(7-3-4-8-20)26-19(16)17(25-2)6-5-9-21-10-12-22(13-11-21)15-18(23)24/h5-6H,1,3-4,7-15H2,2H3,(H,23,24)/b6-5-,19-17-. The zero-order valence-electron chi connectivity index (χ0n) is 15.7. The third kappa shape index (κ3) is 4.48. The fourth-order valence-electron chi connectivity index (χ4n) is 4.18. The Balaban J connectivity index is 1.54. The number of rotatable bonds is 6. The van der Waals surface area contributed by atoms with E-state index in [-0.39, 0.29) is 12.1 Å². The van der Waals surface area contributed by atoms with Gasteiger partial charge >= 0.3 is 5.97 Å². The minimum absolute atomic E-state index is 0.0372. The quantitative estimate of drug-likeness (QED) is 0.732. The Kier molecular flexibility index (Phi) is 6.04. The molecule has 6 heteroatoms. The zero-order valence-corrected chi connectivity index (χ0v) is 15.7. The molecule has 6 nitrogen and oxygen atoms in total. The smallest absolute Gasteiger partial charge is 0.317 e. The Morgan fingerprint density at radius 1 is 1.27 bits per heavy atom. The number of allylic oxidation sites excluding steroid dienone is 2. The van der Waals surface area contributed by atoms with Gasteiger partial charge in [0, 0.05) is 39.1 Å². The summed E-state index contributed by atoms with van der Waals surface area (Å²) in [7, 11) is 1.67. The fraction of sp³-hybridized carbons (Fsp3) is 0.650. The molecule has 3 fully saturated rings. The molecule has 2 saturated heterocycles. The van der Waals surface area contributed by atoms with E-state index in [4.69, 9.17) is 14.6 Å². The minimum Gasteiger partial charge on any atom is -0.493 e. The third-order valence-electron chi connectivity index (χ3n) is 5.59. The van der Waals surface area contributed by atoms with Crippen LogP contribution in [0, 0.1) is 0 Å². The van der Waals surface area contributed by atoms with Gasteiger partial charge < -0.3 is 14.6 Å². The summed E-state index contributed by atoms with van der Waals surface area (Å²) in [5, 5.41) is 8.86. The summed E-state index contributed by atoms with van der Waals surface area (Å²) in [4.78, 5) is 15.1. The number of piperazine rings is 1. The molecular weight excluding hydrogens is 332 g/mol. The maximum Gasteiger partial charge on any atom is 0.317 e. The van der Waals surface area contributed by atoms with Crippen LogP contribution in [0.3, 0.4) is 0 Å². The number of nitrogens with zero attached hydrogens (tertiary/aromatic N) is 2. The van der Waals surface area contributed by atoms with Gasteiger partial charge in [-0.25, -0.2) is 0 Å². The second-order valence-electron chi connectivity index (χ2n) is 7.54. The molecule has 0 aromatic heterocycles. The van der Waals surface area contributed by atoms with Crippen molar-refractivity contribution >= 4 is 5.97 Å². The third-order valence-corrected chi connectivity index (χ3v) is 5.59. The van der Waals surface area contributed by atoms with Crippen LogP contribution in [0.2, 0.25) is 0 Å². The Morgan fingerprint density at radius 3 is 2.54 bits per heavy atom. The molecule has 0 unspecified atom stereocenters. The molecule has 3 aliphatic rings. The first-order chi connectivity index (χ1) is 12.5. The first-order valence-corrected chi connectivity index (χ1v) is 9.50. The normalized spacial score (nSPS) is 25.8. The van der Waals surface area contributed by atoms with Gasteiger partial charge in [-0.15, -0.1) is 0 Å². The molecule has 2 heterocycles. The van der Waals surface area contributed by atoms with E-state index >= 15 is 0 Å². The van der Waals surface area contributed by atoms with Crippen LogP contribution in [0.5, 0.6) is 0 Å². The highest BCUT2D eigenvalue weighted by molar-refractivity contribution is 5.69. The van der Waals surface area contributed by atoms with Crippen molar-refractivity contribution in [3.63, 3.8) is 0 Å². The molecule has 1 aliphatic carbocycles. The molecule has 144 valence electrons. The molecule has 0 atom stereocenters. The number of carboxylic acids is 1. The van der Waals surface area contributed by atoms with Gasteiger partial charge in [0.05, 0.1) is 13.7 Å². The van der Waals surface area contributed by atoms with Crippen LogP contribution in [-0.4, -0.2) is 72.9 Å². The molecule has 1 spiro atoms. The van der Waals surface area contributed by atoms with E-state index in [1.165, 1.54) is 12.8 Å². The Bertz CT molecular complexity index is 597. The van der Waals surface area contributed by atoms with Crippen molar-refractivity contribution < 1.29 is 19.4 Å². The topological polar surface area (TPSA) is 62.2 Å². The molecule has 0 radical (unpaired) electrons. The lowest BCUT2D eigenvalue weighted by Crippen LogP contribution is -2.47. The molecule has 26 heavy (non-hydrogen) atoms. The van der Waals surface area contributed by atoms with E-state index < -0.39 is 5.97 Å². The van der Waals surface area contributed by atoms with Crippen LogP contribution in [-0.2, 0) is 14.3 Å². The summed E-state index contributed by atoms with van der Waals surface area (Å²) < 4.78 is 11.9. The second kappa shape index (κ2) is 8.27. The monoisotopic (exact) mass is 362 g/mol. The largest absolute Gasteiger partial charge is 0.493 e. The van der Waals surface area contributed by atoms with Crippen LogP contribution < -0.4 is 0 Å². The van der Waals surface area contributed by atoms with E-state index in [0.717, 1.165) is 69.1 Å². The lowest BCUT2D eigenvalue weighted by molar-refractivity contribution is -0.138. The number of carboxylic acid groups (broad SMARTS) is 1. The number of hydrogen-bond acceptors (Lipinski definition) is 5. The maximum atomic E-state index is 10.8. The molecule has 0 bridgehead atoms. The highest BCUT2D eigenvalue weighted by atomic mass is 16.5. The number of aliphatic carboxylic acids is 1. The molecule has 0 aromatic carbocycles. The van der Waals surface area contributed by atoms with Crippen molar-refractivity contribution in [2.45, 2.75) is 37.7 Å². The summed E-state index contributed by atoms with van der Waals surface area (Å²) in [5.74, 6) is 0.812. The average molecular weight is 362 g/mol. The minimum atomic E-state index is -0.758. The van der Waals surface area contributed by atoms with E-state index in [9.17, 15) is 4.79 Å². The van der Waals surface area contributed by atoms with Gasteiger partial charge in [-0.3, -0.25) is 14.6 Å². The summed E-state index contributed by atoms with van der Waals surface area (Å²) in [6.07, 6.45) is 9.66. The van der Waals surface area contributed by atoms with Gasteiger partial charge in [0.25, 0.3) is 0 Å². The lowest BCUT2D eigenvalue weighted by Gasteiger charge is -2.33. The van der Waals surface area contributed by atoms with E-state index in [1.54, 1.807) is 7.11 Å². The van der Waals surface area contributed by atoms with Crippen LogP contribution in [0.25, 0.3) is 0 Å². The number of ether oxygens (including phenoxy) is 2. The van der Waals surface area contributed by atoms with E-state index in [2.05, 4.69) is 17.6 Å². The Labute approximate surface area is 155 Å². The number of carbonyl (C=O) groups is 1. The highest BCUT2D eigenvalue weighted by Gasteiger charge is 2.43. The molecular formula is C20H30N2O4. The van der Waals surface area contributed by atoms with Gasteiger partial charge in [0.1, 0.15) is 5.60 Å². The maximum absolute atomic E-state index is 10.8. The summed E-state index contributed by atoms with van der Waals surface area (Å²) in [5.41, 5.74) is 1.00. The predicted octanol–water partition coefficient (Wildman–Crippen LogP) is 2.39. The first kappa shape index (κ1) is 19.0. The molecule has 2 aliphatic heterocycles. The molecule has 0 aromatic rings. The fourth-order valence-corrected chi connectivity index (χ4v) is 4.18. The second-order valence-corrected chi connectivity index (χ2v) is 7.54. The number of hydrogen-bond donors (Lipinski definition) is 1.